The van der Waals surface area contributed by atoms with Gasteiger partial charge >= 0.3 is 0 Å². The quantitative estimate of drug-likeness (QED) is 0.441. The number of methoxy groups -OCH3 is 1. The molecule has 0 aliphatic heterocycles. The molecule has 0 radical (unpaired) electrons. The molecule has 0 bridgehead atoms. The molecule has 0 spiro atoms. The molecular formula is C7H12N4O. The zero-order chi connectivity index (χ0) is 9.30. The minimum atomic E-state index is 0.287. The molecule has 0 aliphatic carbocycles. The van der Waals surface area contributed by atoms with Crippen LogP contribution in [0, 0.1) is 0 Å². The second-order valence-electron chi connectivity index (χ2n) is 2.42. The zero-order valence-corrected chi connectivity index (χ0v) is 6.79. The van der Waals surface area contributed by atoms with Crippen LogP contribution in [0.15, 0.2) is 6.07 Å². The molecule has 1 rings (SSSR count). The molecule has 0 saturated heterocycles. The van der Waals surface area contributed by atoms with Gasteiger partial charge < -0.3 is 27.7 Å². The molecule has 66 valence electrons. The first-order valence-corrected chi connectivity index (χ1v) is 3.34. The highest BCUT2D eigenvalue weighted by Gasteiger charge is 2.10. The lowest BCUT2D eigenvalue weighted by Gasteiger charge is -2.11. The highest BCUT2D eigenvalue weighted by molar-refractivity contribution is 5.88. The summed E-state index contributed by atoms with van der Waals surface area (Å²) in [5, 5.41) is 0. The normalized spacial score (nSPS) is 9.75. The summed E-state index contributed by atoms with van der Waals surface area (Å²) >= 11 is 0. The Morgan fingerprint density at radius 3 is 2.08 bits per heavy atom. The molecule has 0 unspecified atom stereocenters. The molecule has 1 aromatic rings. The van der Waals surface area contributed by atoms with Gasteiger partial charge in [0.1, 0.15) is 5.69 Å². The lowest BCUT2D eigenvalue weighted by molar-refractivity contribution is 0.419. The van der Waals surface area contributed by atoms with Crippen LogP contribution < -0.4 is 27.7 Å². The molecule has 0 heterocycles. The van der Waals surface area contributed by atoms with Crippen LogP contribution in [-0.2, 0) is 0 Å². The summed E-state index contributed by atoms with van der Waals surface area (Å²) in [6.07, 6.45) is 0. The predicted molar refractivity (Wildman–Crippen MR) is 50.6 cm³/mol. The van der Waals surface area contributed by atoms with Crippen LogP contribution in [-0.4, -0.2) is 7.11 Å². The number of ether oxygens (including phenoxy) is 1. The molecule has 0 fully saturated rings. The number of nitrogens with two attached hydrogens (primary N) is 4. The number of hydrogen-bond donors (Lipinski definition) is 4. The fourth-order valence-corrected chi connectivity index (χ4v) is 0.972. The first-order chi connectivity index (χ1) is 5.57. The van der Waals surface area contributed by atoms with E-state index in [1.165, 1.54) is 13.2 Å². The van der Waals surface area contributed by atoms with Crippen molar-refractivity contribution in [3.63, 3.8) is 0 Å². The summed E-state index contributed by atoms with van der Waals surface area (Å²) in [5.41, 5.74) is 23.5. The maximum Gasteiger partial charge on any atom is 0.166 e. The van der Waals surface area contributed by atoms with Crippen LogP contribution in [0.4, 0.5) is 22.7 Å². The number of hydrogen-bond acceptors (Lipinski definition) is 5. The van der Waals surface area contributed by atoms with Crippen LogP contribution in [0.5, 0.6) is 5.75 Å². The Morgan fingerprint density at radius 1 is 1.00 bits per heavy atom. The number of rotatable bonds is 1. The lowest BCUT2D eigenvalue weighted by Crippen LogP contribution is -2.05. The van der Waals surface area contributed by atoms with Crippen molar-refractivity contribution in [3.8, 4) is 5.75 Å². The van der Waals surface area contributed by atoms with Gasteiger partial charge in [-0.05, 0) is 6.07 Å². The van der Waals surface area contributed by atoms with E-state index in [0.29, 0.717) is 22.8 Å². The summed E-state index contributed by atoms with van der Waals surface area (Å²) in [6, 6.07) is 1.52. The minimum absolute atomic E-state index is 0.287. The fraction of sp³-hybridized carbons (Fsp3) is 0.143. The van der Waals surface area contributed by atoms with E-state index in [1.807, 2.05) is 0 Å². The van der Waals surface area contributed by atoms with Crippen molar-refractivity contribution in [2.75, 3.05) is 30.0 Å². The first kappa shape index (κ1) is 8.32. The molecule has 1 aromatic carbocycles. The van der Waals surface area contributed by atoms with Gasteiger partial charge in [0.25, 0.3) is 0 Å². The van der Waals surface area contributed by atoms with E-state index >= 15 is 0 Å². The summed E-state index contributed by atoms with van der Waals surface area (Å²) in [4.78, 5) is 0. The molecule has 0 amide bonds. The van der Waals surface area contributed by atoms with Crippen molar-refractivity contribution in [2.45, 2.75) is 0 Å². The standard InChI is InChI=1S/C7H12N4O/c1-12-7-4(9)2-3(8)5(10)6(7)11/h2H,8-11H2,1H3. The zero-order valence-electron chi connectivity index (χ0n) is 6.79. The smallest absolute Gasteiger partial charge is 0.166 e. The minimum Gasteiger partial charge on any atom is -0.492 e. The third kappa shape index (κ3) is 1.05. The SMILES string of the molecule is COc1c(N)cc(N)c(N)c1N. The molecule has 0 atom stereocenters. The highest BCUT2D eigenvalue weighted by atomic mass is 16.5. The maximum absolute atomic E-state index is 5.58. The van der Waals surface area contributed by atoms with Crippen molar-refractivity contribution in [1.29, 1.82) is 0 Å². The van der Waals surface area contributed by atoms with Gasteiger partial charge in [0.2, 0.25) is 0 Å². The summed E-state index contributed by atoms with van der Waals surface area (Å²) < 4.78 is 4.93. The van der Waals surface area contributed by atoms with Crippen LogP contribution in [0.1, 0.15) is 0 Å². The van der Waals surface area contributed by atoms with Crippen molar-refractivity contribution in [1.82, 2.24) is 0 Å². The Morgan fingerprint density at radius 2 is 1.58 bits per heavy atom. The average molecular weight is 168 g/mol. The Balaban J connectivity index is 3.40. The van der Waals surface area contributed by atoms with Gasteiger partial charge in [-0.25, -0.2) is 0 Å². The van der Waals surface area contributed by atoms with E-state index < -0.39 is 0 Å². The Bertz CT molecular complexity index is 311. The summed E-state index contributed by atoms with van der Waals surface area (Å²) in [5.74, 6) is 0.377. The summed E-state index contributed by atoms with van der Waals surface area (Å²) in [6.45, 7) is 0. The van der Waals surface area contributed by atoms with Crippen LogP contribution in [0.25, 0.3) is 0 Å². The highest BCUT2D eigenvalue weighted by Crippen LogP contribution is 2.37. The van der Waals surface area contributed by atoms with E-state index in [9.17, 15) is 0 Å². The van der Waals surface area contributed by atoms with Gasteiger partial charge in [-0.1, -0.05) is 0 Å². The monoisotopic (exact) mass is 168 g/mol. The van der Waals surface area contributed by atoms with Crippen LogP contribution in [0.2, 0.25) is 0 Å². The van der Waals surface area contributed by atoms with Crippen molar-refractivity contribution < 1.29 is 4.74 Å². The molecular weight excluding hydrogens is 156 g/mol. The van der Waals surface area contributed by atoms with Gasteiger partial charge in [0, 0.05) is 0 Å². The average Bonchev–Trinajstić information content (AvgIpc) is 2.01. The number of benzene rings is 1. The Labute approximate surface area is 70.3 Å². The molecule has 0 aliphatic rings. The van der Waals surface area contributed by atoms with Crippen molar-refractivity contribution >= 4 is 22.7 Å². The number of anilines is 4. The Kier molecular flexibility index (Phi) is 1.86. The molecule has 0 saturated carbocycles. The second kappa shape index (κ2) is 2.69. The summed E-state index contributed by atoms with van der Waals surface area (Å²) in [7, 11) is 1.47. The topological polar surface area (TPSA) is 113 Å². The molecule has 12 heavy (non-hydrogen) atoms. The van der Waals surface area contributed by atoms with Gasteiger partial charge in [-0.15, -0.1) is 0 Å². The largest absolute Gasteiger partial charge is 0.492 e. The van der Waals surface area contributed by atoms with E-state index in [0.717, 1.165) is 0 Å². The molecule has 5 nitrogen and oxygen atoms in total. The van der Waals surface area contributed by atoms with Gasteiger partial charge in [0.05, 0.1) is 24.2 Å². The van der Waals surface area contributed by atoms with E-state index in [2.05, 4.69) is 0 Å². The van der Waals surface area contributed by atoms with Crippen LogP contribution >= 0.6 is 0 Å². The fourth-order valence-electron chi connectivity index (χ4n) is 0.972. The Hall–Kier alpha value is -1.78. The second-order valence-corrected chi connectivity index (χ2v) is 2.42. The van der Waals surface area contributed by atoms with Gasteiger partial charge in [0.15, 0.2) is 5.75 Å². The predicted octanol–water partition coefficient (Wildman–Crippen LogP) is 0.0240. The third-order valence-corrected chi connectivity index (χ3v) is 1.62. The van der Waals surface area contributed by atoms with E-state index in [1.54, 1.807) is 0 Å². The van der Waals surface area contributed by atoms with E-state index in [4.69, 9.17) is 27.7 Å². The van der Waals surface area contributed by atoms with E-state index in [-0.39, 0.29) is 5.69 Å². The van der Waals surface area contributed by atoms with Crippen molar-refractivity contribution in [2.24, 2.45) is 0 Å². The third-order valence-electron chi connectivity index (χ3n) is 1.62. The molecule has 5 heteroatoms. The van der Waals surface area contributed by atoms with Crippen molar-refractivity contribution in [3.05, 3.63) is 6.07 Å². The first-order valence-electron chi connectivity index (χ1n) is 3.34. The lowest BCUT2D eigenvalue weighted by atomic mass is 10.2. The molecule has 8 N–H and O–H groups in total. The van der Waals surface area contributed by atoms with Crippen LogP contribution in [0.3, 0.4) is 0 Å². The van der Waals surface area contributed by atoms with Gasteiger partial charge in [-0.2, -0.15) is 0 Å². The number of nitrogen functional groups attached to an aromatic ring is 4. The maximum atomic E-state index is 5.58. The molecule has 0 aromatic heterocycles. The van der Waals surface area contributed by atoms with Gasteiger partial charge in [-0.3, -0.25) is 0 Å².